The van der Waals surface area contributed by atoms with Crippen molar-refractivity contribution >= 4 is 35.2 Å². The number of ketones is 1. The van der Waals surface area contributed by atoms with Gasteiger partial charge in [-0.2, -0.15) is 0 Å². The summed E-state index contributed by atoms with van der Waals surface area (Å²) in [5.41, 5.74) is 0.557. The summed E-state index contributed by atoms with van der Waals surface area (Å²) >= 11 is 5.91. The number of hydrogen-bond acceptors (Lipinski definition) is 4. The molecule has 1 aliphatic rings. The zero-order valence-electron chi connectivity index (χ0n) is 14.6. The van der Waals surface area contributed by atoms with Crippen LogP contribution in [0.1, 0.15) is 25.8 Å². The number of carboxylic acid groups (broad SMARTS) is 1. The molecule has 1 aromatic carbocycles. The van der Waals surface area contributed by atoms with Crippen LogP contribution in [0.3, 0.4) is 0 Å². The van der Waals surface area contributed by atoms with Gasteiger partial charge in [-0.15, -0.1) is 0 Å². The van der Waals surface area contributed by atoms with Crippen molar-refractivity contribution in [2.45, 2.75) is 25.7 Å². The van der Waals surface area contributed by atoms with E-state index in [1.807, 2.05) is 26.0 Å². The van der Waals surface area contributed by atoms with Crippen molar-refractivity contribution in [2.24, 2.45) is 5.92 Å². The monoisotopic (exact) mass is 380 g/mol. The molecule has 26 heavy (non-hydrogen) atoms. The number of Topliss-reactive ketones (excluding diaryl/α,β-unsaturated/α-hetero) is 1. The van der Waals surface area contributed by atoms with Crippen molar-refractivity contribution in [1.29, 1.82) is 0 Å². The Morgan fingerprint density at radius 1 is 1.27 bits per heavy atom. The molecule has 1 aromatic rings. The van der Waals surface area contributed by atoms with Gasteiger partial charge >= 0.3 is 5.97 Å². The SMILES string of the molecule is CC(C)(CN1CCC(=O)C(C(=O)NCC(=O)O)C1=O)c1ccc(Cl)cc1. The zero-order valence-corrected chi connectivity index (χ0v) is 15.4. The molecule has 8 heteroatoms. The molecule has 140 valence electrons. The average molecular weight is 381 g/mol. The van der Waals surface area contributed by atoms with Crippen LogP contribution in [0.15, 0.2) is 24.3 Å². The van der Waals surface area contributed by atoms with Gasteiger partial charge in [0.15, 0.2) is 11.7 Å². The fourth-order valence-electron chi connectivity index (χ4n) is 2.97. The number of nitrogens with zero attached hydrogens (tertiary/aromatic N) is 1. The molecule has 2 rings (SSSR count). The van der Waals surface area contributed by atoms with Gasteiger partial charge in [0.05, 0.1) is 0 Å². The third-order valence-electron chi connectivity index (χ3n) is 4.40. The Hall–Kier alpha value is -2.41. The number of benzene rings is 1. The molecule has 0 radical (unpaired) electrons. The highest BCUT2D eigenvalue weighted by Gasteiger charge is 2.42. The van der Waals surface area contributed by atoms with Gasteiger partial charge in [0.2, 0.25) is 11.8 Å². The standard InChI is InChI=1S/C18H21ClN2O5/c1-18(2,11-3-5-12(19)6-4-11)10-21-8-7-13(22)15(17(21)26)16(25)20-9-14(23)24/h3-6,15H,7-10H2,1-2H3,(H,20,25)(H,23,24). The number of nitrogens with one attached hydrogen (secondary N) is 1. The average Bonchev–Trinajstić information content (AvgIpc) is 2.56. The summed E-state index contributed by atoms with van der Waals surface area (Å²) in [6.07, 6.45) is 0.0631. The zero-order chi connectivity index (χ0) is 19.5. The number of likely N-dealkylation sites (tertiary alicyclic amines) is 1. The lowest BCUT2D eigenvalue weighted by Crippen LogP contribution is -2.54. The van der Waals surface area contributed by atoms with Gasteiger partial charge in [-0.3, -0.25) is 19.2 Å². The Balaban J connectivity index is 2.13. The summed E-state index contributed by atoms with van der Waals surface area (Å²) in [6, 6.07) is 7.28. The van der Waals surface area contributed by atoms with E-state index in [9.17, 15) is 19.2 Å². The van der Waals surface area contributed by atoms with Crippen LogP contribution in [0.25, 0.3) is 0 Å². The van der Waals surface area contributed by atoms with Gasteiger partial charge in [0.1, 0.15) is 6.54 Å². The maximum Gasteiger partial charge on any atom is 0.322 e. The number of amides is 2. The van der Waals surface area contributed by atoms with E-state index >= 15 is 0 Å². The van der Waals surface area contributed by atoms with Gasteiger partial charge in [-0.1, -0.05) is 37.6 Å². The van der Waals surface area contributed by atoms with E-state index in [1.165, 1.54) is 4.90 Å². The summed E-state index contributed by atoms with van der Waals surface area (Å²) in [7, 11) is 0. The normalized spacial score (nSPS) is 18.0. The first kappa shape index (κ1) is 19.9. The van der Waals surface area contributed by atoms with Crippen LogP contribution in [-0.2, 0) is 24.6 Å². The van der Waals surface area contributed by atoms with Gasteiger partial charge < -0.3 is 15.3 Å². The summed E-state index contributed by atoms with van der Waals surface area (Å²) < 4.78 is 0. The van der Waals surface area contributed by atoms with Crippen LogP contribution < -0.4 is 5.32 Å². The Bertz CT molecular complexity index is 730. The smallest absolute Gasteiger partial charge is 0.322 e. The first-order valence-corrected chi connectivity index (χ1v) is 8.56. The molecule has 1 heterocycles. The van der Waals surface area contributed by atoms with E-state index in [1.54, 1.807) is 12.1 Å². The summed E-state index contributed by atoms with van der Waals surface area (Å²) in [6.45, 7) is 3.84. The number of hydrogen-bond donors (Lipinski definition) is 2. The number of piperidine rings is 1. The largest absolute Gasteiger partial charge is 0.480 e. The van der Waals surface area contributed by atoms with Gasteiger partial charge in [0.25, 0.3) is 0 Å². The molecule has 0 aliphatic carbocycles. The van der Waals surface area contributed by atoms with Crippen molar-refractivity contribution in [1.82, 2.24) is 10.2 Å². The van der Waals surface area contributed by atoms with Crippen LogP contribution in [0, 0.1) is 5.92 Å². The molecular weight excluding hydrogens is 360 g/mol. The molecule has 1 unspecified atom stereocenters. The summed E-state index contributed by atoms with van der Waals surface area (Å²) in [5.74, 6) is -4.67. The van der Waals surface area contributed by atoms with Gasteiger partial charge in [-0.25, -0.2) is 0 Å². The minimum absolute atomic E-state index is 0.0631. The second kappa shape index (κ2) is 7.86. The number of halogens is 1. The predicted octanol–water partition coefficient (Wildman–Crippen LogP) is 1.24. The van der Waals surface area contributed by atoms with E-state index < -0.39 is 41.4 Å². The molecule has 2 amide bonds. The maximum absolute atomic E-state index is 12.7. The van der Waals surface area contributed by atoms with Crippen molar-refractivity contribution < 1.29 is 24.3 Å². The fraction of sp³-hybridized carbons (Fsp3) is 0.444. The maximum atomic E-state index is 12.7. The van der Waals surface area contributed by atoms with Crippen LogP contribution >= 0.6 is 11.6 Å². The molecule has 1 saturated heterocycles. The third kappa shape index (κ3) is 4.60. The molecule has 2 N–H and O–H groups in total. The van der Waals surface area contributed by atoms with E-state index in [0.717, 1.165) is 5.56 Å². The van der Waals surface area contributed by atoms with Crippen molar-refractivity contribution in [3.63, 3.8) is 0 Å². The second-order valence-electron chi connectivity index (χ2n) is 6.91. The Kier molecular flexibility index (Phi) is 6.02. The van der Waals surface area contributed by atoms with E-state index in [-0.39, 0.29) is 13.0 Å². The van der Waals surface area contributed by atoms with Crippen molar-refractivity contribution in [3.8, 4) is 0 Å². The molecule has 1 aliphatic heterocycles. The molecule has 0 saturated carbocycles. The Morgan fingerprint density at radius 3 is 2.46 bits per heavy atom. The van der Waals surface area contributed by atoms with Crippen LogP contribution in [-0.4, -0.2) is 53.2 Å². The highest BCUT2D eigenvalue weighted by molar-refractivity contribution is 6.30. The molecular formula is C18H21ClN2O5. The first-order chi connectivity index (χ1) is 12.1. The Morgan fingerprint density at radius 2 is 1.88 bits per heavy atom. The van der Waals surface area contributed by atoms with E-state index in [2.05, 4.69) is 5.32 Å². The van der Waals surface area contributed by atoms with Crippen LogP contribution in [0.5, 0.6) is 0 Å². The lowest BCUT2D eigenvalue weighted by atomic mass is 9.83. The number of carbonyl (C=O) groups is 4. The highest BCUT2D eigenvalue weighted by Crippen LogP contribution is 2.28. The quantitative estimate of drug-likeness (QED) is 0.722. The third-order valence-corrected chi connectivity index (χ3v) is 4.65. The Labute approximate surface area is 156 Å². The minimum atomic E-state index is -1.48. The van der Waals surface area contributed by atoms with Crippen LogP contribution in [0.4, 0.5) is 0 Å². The van der Waals surface area contributed by atoms with Gasteiger partial charge in [0, 0.05) is 29.9 Å². The fourth-order valence-corrected chi connectivity index (χ4v) is 3.10. The van der Waals surface area contributed by atoms with E-state index in [0.29, 0.717) is 11.6 Å². The van der Waals surface area contributed by atoms with Crippen LogP contribution in [0.2, 0.25) is 5.02 Å². The van der Waals surface area contributed by atoms with Crippen molar-refractivity contribution in [3.05, 3.63) is 34.9 Å². The molecule has 1 fully saturated rings. The lowest BCUT2D eigenvalue weighted by Gasteiger charge is -2.37. The predicted molar refractivity (Wildman–Crippen MR) is 94.8 cm³/mol. The van der Waals surface area contributed by atoms with Crippen molar-refractivity contribution in [2.75, 3.05) is 19.6 Å². The lowest BCUT2D eigenvalue weighted by molar-refractivity contribution is -0.152. The van der Waals surface area contributed by atoms with Gasteiger partial charge in [-0.05, 0) is 17.7 Å². The minimum Gasteiger partial charge on any atom is -0.480 e. The first-order valence-electron chi connectivity index (χ1n) is 8.19. The second-order valence-corrected chi connectivity index (χ2v) is 7.35. The molecule has 0 bridgehead atoms. The molecule has 7 nitrogen and oxygen atoms in total. The number of carboxylic acids is 1. The molecule has 0 spiro atoms. The number of rotatable bonds is 6. The topological polar surface area (TPSA) is 104 Å². The number of carbonyl (C=O) groups excluding carboxylic acids is 3. The molecule has 1 atom stereocenters. The molecule has 0 aromatic heterocycles. The highest BCUT2D eigenvalue weighted by atomic mass is 35.5. The van der Waals surface area contributed by atoms with E-state index in [4.69, 9.17) is 16.7 Å². The summed E-state index contributed by atoms with van der Waals surface area (Å²) in [4.78, 5) is 48.8. The number of aliphatic carboxylic acids is 1. The summed E-state index contributed by atoms with van der Waals surface area (Å²) in [5, 5.41) is 11.4.